The molecule has 18 heavy (non-hydrogen) atoms. The van der Waals surface area contributed by atoms with Gasteiger partial charge in [-0.2, -0.15) is 0 Å². The first kappa shape index (κ1) is 14.3. The van der Waals surface area contributed by atoms with E-state index in [1.54, 1.807) is 0 Å². The number of hydrogen-bond acceptors (Lipinski definition) is 6. The van der Waals surface area contributed by atoms with Crippen LogP contribution < -0.4 is 5.32 Å². The van der Waals surface area contributed by atoms with Crippen molar-refractivity contribution >= 4 is 11.6 Å². The molecule has 2 N–H and O–H groups in total. The van der Waals surface area contributed by atoms with E-state index in [1.165, 1.54) is 12.4 Å². The molecule has 0 atom stereocenters. The average Bonchev–Trinajstić information content (AvgIpc) is 2.35. The van der Waals surface area contributed by atoms with Crippen LogP contribution in [0.2, 0.25) is 0 Å². The van der Waals surface area contributed by atoms with Crippen molar-refractivity contribution in [3.8, 4) is 0 Å². The molecule has 1 heterocycles. The highest BCUT2D eigenvalue weighted by atomic mass is 16.6. The second-order valence-corrected chi connectivity index (χ2v) is 4.87. The number of aliphatic hydroxyl groups excluding tert-OH is 1. The van der Waals surface area contributed by atoms with Crippen LogP contribution >= 0.6 is 0 Å². The van der Waals surface area contributed by atoms with Crippen molar-refractivity contribution in [2.75, 3.05) is 18.5 Å². The van der Waals surface area contributed by atoms with Crippen LogP contribution in [0.4, 0.5) is 11.6 Å². The van der Waals surface area contributed by atoms with Crippen LogP contribution in [-0.4, -0.2) is 33.1 Å². The second-order valence-electron chi connectivity index (χ2n) is 4.87. The summed E-state index contributed by atoms with van der Waals surface area (Å²) < 4.78 is 0. The molecule has 0 aromatic carbocycles. The maximum atomic E-state index is 10.4. The Morgan fingerprint density at radius 2 is 2.06 bits per heavy atom. The third kappa shape index (κ3) is 4.62. The lowest BCUT2D eigenvalue weighted by Crippen LogP contribution is -2.24. The summed E-state index contributed by atoms with van der Waals surface area (Å²) in [5, 5.41) is 22.3. The van der Waals surface area contributed by atoms with E-state index in [4.69, 9.17) is 5.11 Å². The normalized spacial score (nSPS) is 11.3. The number of rotatable bonds is 7. The Hall–Kier alpha value is -1.76. The van der Waals surface area contributed by atoms with Crippen LogP contribution in [0.25, 0.3) is 0 Å². The molecule has 7 nitrogen and oxygen atoms in total. The van der Waals surface area contributed by atoms with Crippen molar-refractivity contribution in [3.05, 3.63) is 22.5 Å². The van der Waals surface area contributed by atoms with Gasteiger partial charge in [-0.1, -0.05) is 13.8 Å². The van der Waals surface area contributed by atoms with Crippen LogP contribution in [-0.2, 0) is 0 Å². The predicted octanol–water partition coefficient (Wildman–Crippen LogP) is 1.60. The molecule has 0 fully saturated rings. The van der Waals surface area contributed by atoms with Gasteiger partial charge in [-0.05, 0) is 18.3 Å². The number of hydrogen-bond donors (Lipinski definition) is 2. The van der Waals surface area contributed by atoms with E-state index in [2.05, 4.69) is 29.1 Å². The summed E-state index contributed by atoms with van der Waals surface area (Å²) in [6.07, 6.45) is 3.98. The van der Waals surface area contributed by atoms with Gasteiger partial charge in [0.05, 0.1) is 4.92 Å². The van der Waals surface area contributed by atoms with Crippen molar-refractivity contribution in [1.82, 2.24) is 9.97 Å². The highest BCUT2D eigenvalue weighted by molar-refractivity contribution is 5.30. The Morgan fingerprint density at radius 3 is 2.56 bits per heavy atom. The fraction of sp³-hybridized carbons (Fsp3) is 0.636. The van der Waals surface area contributed by atoms with E-state index in [9.17, 15) is 10.1 Å². The first-order chi connectivity index (χ1) is 8.44. The number of aliphatic hydroxyl groups is 1. The minimum absolute atomic E-state index is 0.00780. The number of nitrogens with zero attached hydrogens (tertiary/aromatic N) is 3. The van der Waals surface area contributed by atoms with Crippen LogP contribution in [0.1, 0.15) is 26.7 Å². The lowest BCUT2D eigenvalue weighted by molar-refractivity contribution is -0.385. The Kier molecular flexibility index (Phi) is 4.96. The van der Waals surface area contributed by atoms with Crippen LogP contribution in [0.5, 0.6) is 0 Å². The standard InChI is InChI=1S/C11H18N4O3/c1-11(2,4-3-5-16)8-14-10-12-6-9(7-13-10)15(17)18/h6-7,16H,3-5,8H2,1-2H3,(H,12,13,14). The summed E-state index contributed by atoms with van der Waals surface area (Å²) in [4.78, 5) is 17.6. The van der Waals surface area contributed by atoms with E-state index >= 15 is 0 Å². The fourth-order valence-corrected chi connectivity index (χ4v) is 1.47. The maximum absolute atomic E-state index is 10.4. The fourth-order valence-electron chi connectivity index (χ4n) is 1.47. The van der Waals surface area contributed by atoms with Crippen molar-refractivity contribution in [3.63, 3.8) is 0 Å². The molecule has 1 rings (SSSR count). The molecule has 0 unspecified atom stereocenters. The van der Waals surface area contributed by atoms with Gasteiger partial charge in [-0.15, -0.1) is 0 Å². The van der Waals surface area contributed by atoms with Gasteiger partial charge in [0.25, 0.3) is 0 Å². The lowest BCUT2D eigenvalue weighted by atomic mass is 9.88. The van der Waals surface area contributed by atoms with Crippen LogP contribution in [0, 0.1) is 15.5 Å². The van der Waals surface area contributed by atoms with E-state index < -0.39 is 4.92 Å². The summed E-state index contributed by atoms with van der Waals surface area (Å²) in [5.41, 5.74) is -0.117. The molecule has 0 spiro atoms. The monoisotopic (exact) mass is 254 g/mol. The SMILES string of the molecule is CC(C)(CCCO)CNc1ncc([N+](=O)[O-])cn1. The number of aromatic nitrogens is 2. The van der Waals surface area contributed by atoms with Gasteiger partial charge in [0.1, 0.15) is 12.4 Å². The molecule has 0 aliphatic heterocycles. The van der Waals surface area contributed by atoms with Gasteiger partial charge in [-0.3, -0.25) is 10.1 Å². The Bertz CT molecular complexity index is 392. The number of nitro groups is 1. The van der Waals surface area contributed by atoms with E-state index in [-0.39, 0.29) is 17.7 Å². The second kappa shape index (κ2) is 6.25. The zero-order chi connectivity index (χ0) is 13.6. The minimum atomic E-state index is -0.533. The molecule has 0 amide bonds. The van der Waals surface area contributed by atoms with Crippen molar-refractivity contribution in [1.29, 1.82) is 0 Å². The smallest absolute Gasteiger partial charge is 0.305 e. The molecule has 0 aliphatic rings. The maximum Gasteiger partial charge on any atom is 0.305 e. The quantitative estimate of drug-likeness (QED) is 0.566. The van der Waals surface area contributed by atoms with Crippen molar-refractivity contribution in [2.45, 2.75) is 26.7 Å². The topological polar surface area (TPSA) is 101 Å². The molecule has 100 valence electrons. The largest absolute Gasteiger partial charge is 0.396 e. The summed E-state index contributed by atoms with van der Waals surface area (Å²) in [7, 11) is 0. The molecule has 0 saturated carbocycles. The zero-order valence-electron chi connectivity index (χ0n) is 10.6. The van der Waals surface area contributed by atoms with Gasteiger partial charge >= 0.3 is 5.69 Å². The first-order valence-electron chi connectivity index (χ1n) is 5.76. The van der Waals surface area contributed by atoms with E-state index in [1.807, 2.05) is 0 Å². The van der Waals surface area contributed by atoms with Crippen molar-refractivity contribution in [2.24, 2.45) is 5.41 Å². The third-order valence-corrected chi connectivity index (χ3v) is 2.59. The zero-order valence-corrected chi connectivity index (χ0v) is 10.6. The highest BCUT2D eigenvalue weighted by Crippen LogP contribution is 2.22. The Balaban J connectivity index is 2.50. The molecular formula is C11H18N4O3. The molecule has 0 saturated heterocycles. The van der Waals surface area contributed by atoms with Crippen molar-refractivity contribution < 1.29 is 10.0 Å². The van der Waals surface area contributed by atoms with Gasteiger partial charge < -0.3 is 10.4 Å². The highest BCUT2D eigenvalue weighted by Gasteiger charge is 2.17. The Labute approximate surface area is 105 Å². The molecule has 0 radical (unpaired) electrons. The molecule has 0 aliphatic carbocycles. The van der Waals surface area contributed by atoms with Gasteiger partial charge in [0, 0.05) is 13.2 Å². The van der Waals surface area contributed by atoms with Gasteiger partial charge in [-0.25, -0.2) is 9.97 Å². The summed E-state index contributed by atoms with van der Waals surface area (Å²) in [5.74, 6) is 0.373. The number of anilines is 1. The predicted molar refractivity (Wildman–Crippen MR) is 67.3 cm³/mol. The van der Waals surface area contributed by atoms with E-state index in [0.717, 1.165) is 12.8 Å². The first-order valence-corrected chi connectivity index (χ1v) is 5.76. The van der Waals surface area contributed by atoms with Crippen LogP contribution in [0.3, 0.4) is 0 Å². The third-order valence-electron chi connectivity index (χ3n) is 2.59. The molecular weight excluding hydrogens is 236 g/mol. The minimum Gasteiger partial charge on any atom is -0.396 e. The molecule has 0 bridgehead atoms. The van der Waals surface area contributed by atoms with E-state index in [0.29, 0.717) is 12.5 Å². The van der Waals surface area contributed by atoms with Crippen LogP contribution in [0.15, 0.2) is 12.4 Å². The average molecular weight is 254 g/mol. The molecule has 1 aromatic heterocycles. The summed E-state index contributed by atoms with van der Waals surface area (Å²) >= 11 is 0. The summed E-state index contributed by atoms with van der Waals surface area (Å²) in [6.45, 7) is 4.96. The Morgan fingerprint density at radius 1 is 1.44 bits per heavy atom. The van der Waals surface area contributed by atoms with Gasteiger partial charge in [0.2, 0.25) is 5.95 Å². The summed E-state index contributed by atoms with van der Waals surface area (Å²) in [6, 6.07) is 0. The van der Waals surface area contributed by atoms with Gasteiger partial charge in [0.15, 0.2) is 0 Å². The molecule has 7 heteroatoms. The lowest BCUT2D eigenvalue weighted by Gasteiger charge is -2.24. The number of nitrogens with one attached hydrogen (secondary N) is 1. The molecule has 1 aromatic rings.